The normalized spacial score (nSPS) is 12.7. The van der Waals surface area contributed by atoms with Crippen molar-refractivity contribution in [2.45, 2.75) is 6.42 Å². The molecule has 18 heavy (non-hydrogen) atoms. The van der Waals surface area contributed by atoms with Gasteiger partial charge in [0.1, 0.15) is 0 Å². The van der Waals surface area contributed by atoms with Crippen LogP contribution in [-0.4, -0.2) is 17.4 Å². The van der Waals surface area contributed by atoms with E-state index in [4.69, 9.17) is 0 Å². The molecule has 0 saturated carbocycles. The Labute approximate surface area is 105 Å². The molecule has 1 aliphatic heterocycles. The van der Waals surface area contributed by atoms with Crippen molar-refractivity contribution in [2.75, 3.05) is 17.2 Å². The van der Waals surface area contributed by atoms with Gasteiger partial charge < -0.3 is 10.6 Å². The van der Waals surface area contributed by atoms with E-state index in [-0.39, 0.29) is 5.91 Å². The van der Waals surface area contributed by atoms with Gasteiger partial charge in [0.05, 0.1) is 0 Å². The second-order valence-electron chi connectivity index (χ2n) is 4.24. The van der Waals surface area contributed by atoms with Crippen LogP contribution in [0, 0.1) is 0 Å². The van der Waals surface area contributed by atoms with Gasteiger partial charge in [-0.25, -0.2) is 0 Å². The van der Waals surface area contributed by atoms with E-state index >= 15 is 0 Å². The molecule has 1 aliphatic rings. The van der Waals surface area contributed by atoms with Gasteiger partial charge in [-0.3, -0.25) is 9.78 Å². The highest BCUT2D eigenvalue weighted by atomic mass is 16.1. The van der Waals surface area contributed by atoms with E-state index < -0.39 is 0 Å². The summed E-state index contributed by atoms with van der Waals surface area (Å²) in [6.07, 6.45) is 4.29. The lowest BCUT2D eigenvalue weighted by atomic mass is 10.1. The van der Waals surface area contributed by atoms with Crippen LogP contribution in [0.5, 0.6) is 0 Å². The Morgan fingerprint density at radius 2 is 2.06 bits per heavy atom. The minimum absolute atomic E-state index is 0.0871. The molecule has 0 spiro atoms. The molecule has 1 amide bonds. The number of rotatable bonds is 2. The minimum Gasteiger partial charge on any atom is -0.384 e. The summed E-state index contributed by atoms with van der Waals surface area (Å²) in [7, 11) is 0. The first kappa shape index (κ1) is 10.8. The second-order valence-corrected chi connectivity index (χ2v) is 4.24. The van der Waals surface area contributed by atoms with Crippen LogP contribution in [0.3, 0.4) is 0 Å². The SMILES string of the molecule is O=C(Nc1ccncc1)c1ccc2c(c1)CCN2. The first-order valence-corrected chi connectivity index (χ1v) is 5.91. The fraction of sp³-hybridized carbons (Fsp3) is 0.143. The van der Waals surface area contributed by atoms with Crippen molar-refractivity contribution in [3.63, 3.8) is 0 Å². The van der Waals surface area contributed by atoms with E-state index in [0.717, 1.165) is 24.3 Å². The third-order valence-electron chi connectivity index (χ3n) is 3.02. The highest BCUT2D eigenvalue weighted by Crippen LogP contribution is 2.23. The fourth-order valence-corrected chi connectivity index (χ4v) is 2.08. The molecule has 0 bridgehead atoms. The van der Waals surface area contributed by atoms with Crippen LogP contribution in [0.2, 0.25) is 0 Å². The predicted octanol–water partition coefficient (Wildman–Crippen LogP) is 2.30. The smallest absolute Gasteiger partial charge is 0.255 e. The molecule has 0 aliphatic carbocycles. The van der Waals surface area contributed by atoms with Gasteiger partial charge in [-0.05, 0) is 42.3 Å². The highest BCUT2D eigenvalue weighted by Gasteiger charge is 2.13. The zero-order valence-electron chi connectivity index (χ0n) is 9.81. The van der Waals surface area contributed by atoms with Gasteiger partial charge in [0.2, 0.25) is 0 Å². The number of aromatic nitrogens is 1. The van der Waals surface area contributed by atoms with E-state index in [1.807, 2.05) is 18.2 Å². The van der Waals surface area contributed by atoms with Crippen molar-refractivity contribution in [1.29, 1.82) is 0 Å². The molecule has 1 aromatic carbocycles. The molecule has 0 unspecified atom stereocenters. The average molecular weight is 239 g/mol. The zero-order chi connectivity index (χ0) is 12.4. The Hall–Kier alpha value is -2.36. The van der Waals surface area contributed by atoms with Crippen molar-refractivity contribution >= 4 is 17.3 Å². The van der Waals surface area contributed by atoms with Crippen LogP contribution < -0.4 is 10.6 Å². The van der Waals surface area contributed by atoms with Gasteiger partial charge in [-0.2, -0.15) is 0 Å². The summed E-state index contributed by atoms with van der Waals surface area (Å²) in [5.74, 6) is -0.0871. The summed E-state index contributed by atoms with van der Waals surface area (Å²) >= 11 is 0. The first-order valence-electron chi connectivity index (χ1n) is 5.91. The number of carbonyl (C=O) groups excluding carboxylic acids is 1. The molecule has 0 saturated heterocycles. The molecule has 4 nitrogen and oxygen atoms in total. The van der Waals surface area contributed by atoms with Crippen molar-refractivity contribution < 1.29 is 4.79 Å². The number of hydrogen-bond donors (Lipinski definition) is 2. The van der Waals surface area contributed by atoms with Crippen LogP contribution >= 0.6 is 0 Å². The molecule has 0 atom stereocenters. The summed E-state index contributed by atoms with van der Waals surface area (Å²) in [6, 6.07) is 9.29. The zero-order valence-corrected chi connectivity index (χ0v) is 9.81. The number of pyridine rings is 1. The third kappa shape index (κ3) is 2.05. The molecule has 90 valence electrons. The Balaban J connectivity index is 1.81. The third-order valence-corrected chi connectivity index (χ3v) is 3.02. The molecule has 3 rings (SSSR count). The highest BCUT2D eigenvalue weighted by molar-refractivity contribution is 6.04. The topological polar surface area (TPSA) is 54.0 Å². The minimum atomic E-state index is -0.0871. The van der Waals surface area contributed by atoms with Crippen molar-refractivity contribution in [3.05, 3.63) is 53.9 Å². The lowest BCUT2D eigenvalue weighted by molar-refractivity contribution is 0.102. The van der Waals surface area contributed by atoms with Gasteiger partial charge in [0, 0.05) is 35.9 Å². The van der Waals surface area contributed by atoms with Gasteiger partial charge in [0.15, 0.2) is 0 Å². The van der Waals surface area contributed by atoms with Crippen molar-refractivity contribution in [2.24, 2.45) is 0 Å². The molecular formula is C14H13N3O. The van der Waals surface area contributed by atoms with Crippen molar-refractivity contribution in [1.82, 2.24) is 4.98 Å². The van der Waals surface area contributed by atoms with Crippen LogP contribution in [-0.2, 0) is 6.42 Å². The summed E-state index contributed by atoms with van der Waals surface area (Å²) in [6.45, 7) is 0.949. The predicted molar refractivity (Wildman–Crippen MR) is 70.8 cm³/mol. The molecule has 4 heteroatoms. The second kappa shape index (κ2) is 4.49. The molecule has 0 fully saturated rings. The Morgan fingerprint density at radius 3 is 2.89 bits per heavy atom. The van der Waals surface area contributed by atoms with Gasteiger partial charge in [0.25, 0.3) is 5.91 Å². The first-order chi connectivity index (χ1) is 8.83. The van der Waals surface area contributed by atoms with Crippen molar-refractivity contribution in [3.8, 4) is 0 Å². The lowest BCUT2D eigenvalue weighted by Gasteiger charge is -2.06. The fourth-order valence-electron chi connectivity index (χ4n) is 2.08. The molecule has 1 aromatic heterocycles. The van der Waals surface area contributed by atoms with E-state index in [9.17, 15) is 4.79 Å². The van der Waals surface area contributed by atoms with Crippen LogP contribution in [0.1, 0.15) is 15.9 Å². The number of nitrogens with zero attached hydrogens (tertiary/aromatic N) is 1. The van der Waals surface area contributed by atoms with Gasteiger partial charge in [-0.15, -0.1) is 0 Å². The maximum absolute atomic E-state index is 12.1. The number of fused-ring (bicyclic) bond motifs is 1. The lowest BCUT2D eigenvalue weighted by Crippen LogP contribution is -2.12. The Bertz CT molecular complexity index is 581. The standard InChI is InChI=1S/C14H13N3O/c18-14(17-12-4-6-15-7-5-12)11-1-2-13-10(9-11)3-8-16-13/h1-2,4-7,9,16H,3,8H2,(H,15,17,18). The Kier molecular flexibility index (Phi) is 2.68. The Morgan fingerprint density at radius 1 is 1.22 bits per heavy atom. The molecule has 0 radical (unpaired) electrons. The maximum atomic E-state index is 12.1. The number of carbonyl (C=O) groups is 1. The van der Waals surface area contributed by atoms with Crippen LogP contribution in [0.15, 0.2) is 42.7 Å². The molecule has 2 heterocycles. The number of hydrogen-bond acceptors (Lipinski definition) is 3. The van der Waals surface area contributed by atoms with E-state index in [1.54, 1.807) is 24.5 Å². The largest absolute Gasteiger partial charge is 0.384 e. The summed E-state index contributed by atoms with van der Waals surface area (Å²) < 4.78 is 0. The quantitative estimate of drug-likeness (QED) is 0.845. The number of amides is 1. The molecular weight excluding hydrogens is 226 g/mol. The van der Waals surface area contributed by atoms with Gasteiger partial charge >= 0.3 is 0 Å². The van der Waals surface area contributed by atoms with Gasteiger partial charge in [-0.1, -0.05) is 0 Å². The monoisotopic (exact) mass is 239 g/mol. The molecule has 2 aromatic rings. The summed E-state index contributed by atoms with van der Waals surface area (Å²) in [5, 5.41) is 6.13. The van der Waals surface area contributed by atoms with E-state index in [2.05, 4.69) is 15.6 Å². The number of benzene rings is 1. The number of nitrogens with one attached hydrogen (secondary N) is 2. The maximum Gasteiger partial charge on any atom is 0.255 e. The van der Waals surface area contributed by atoms with Crippen LogP contribution in [0.4, 0.5) is 11.4 Å². The molecule has 2 N–H and O–H groups in total. The summed E-state index contributed by atoms with van der Waals surface area (Å²) in [5.41, 5.74) is 3.79. The number of anilines is 2. The van der Waals surface area contributed by atoms with Crippen LogP contribution in [0.25, 0.3) is 0 Å². The average Bonchev–Trinajstić information content (AvgIpc) is 2.87. The summed E-state index contributed by atoms with van der Waals surface area (Å²) in [4.78, 5) is 16.0. The van der Waals surface area contributed by atoms with E-state index in [1.165, 1.54) is 5.56 Å². The van der Waals surface area contributed by atoms with E-state index in [0.29, 0.717) is 5.56 Å².